The van der Waals surface area contributed by atoms with Gasteiger partial charge in [-0.05, 0) is 73.5 Å². The quantitative estimate of drug-likeness (QED) is 0.604. The SMILES string of the molecule is COc1ccc(S(=O)(=O)N(C)c2ccc(C(=O)N3c4ccccc4C[C@H]3C)cc2)cc1. The molecule has 1 aliphatic heterocycles. The van der Waals surface area contributed by atoms with Crippen molar-refractivity contribution in [1.29, 1.82) is 0 Å². The molecule has 0 radical (unpaired) electrons. The summed E-state index contributed by atoms with van der Waals surface area (Å²) < 4.78 is 32.2. The van der Waals surface area contributed by atoms with Gasteiger partial charge in [0, 0.05) is 24.3 Å². The summed E-state index contributed by atoms with van der Waals surface area (Å²) >= 11 is 0. The third-order valence-electron chi connectivity index (χ3n) is 5.62. The summed E-state index contributed by atoms with van der Waals surface area (Å²) in [5.74, 6) is 0.492. The van der Waals surface area contributed by atoms with Gasteiger partial charge in [-0.2, -0.15) is 0 Å². The van der Waals surface area contributed by atoms with Gasteiger partial charge in [0.25, 0.3) is 15.9 Å². The van der Waals surface area contributed by atoms with Crippen LogP contribution < -0.4 is 13.9 Å². The Balaban J connectivity index is 1.57. The van der Waals surface area contributed by atoms with Crippen LogP contribution in [0.15, 0.2) is 77.7 Å². The molecule has 3 aromatic carbocycles. The highest BCUT2D eigenvalue weighted by Gasteiger charge is 2.31. The fraction of sp³-hybridized carbons (Fsp3) is 0.208. The number of sulfonamides is 1. The van der Waals surface area contributed by atoms with Crippen LogP contribution in [0.1, 0.15) is 22.8 Å². The Bertz CT molecular complexity index is 1210. The van der Waals surface area contributed by atoms with Crippen LogP contribution in [-0.2, 0) is 16.4 Å². The number of para-hydroxylation sites is 1. The molecule has 6 nitrogen and oxygen atoms in total. The van der Waals surface area contributed by atoms with Gasteiger partial charge in [-0.15, -0.1) is 0 Å². The lowest BCUT2D eigenvalue weighted by molar-refractivity contribution is 0.0981. The average molecular weight is 437 g/mol. The van der Waals surface area contributed by atoms with Gasteiger partial charge in [0.2, 0.25) is 0 Å². The number of hydrogen-bond donors (Lipinski definition) is 0. The molecule has 0 N–H and O–H groups in total. The van der Waals surface area contributed by atoms with Gasteiger partial charge in [-0.3, -0.25) is 9.10 Å². The molecule has 0 saturated carbocycles. The van der Waals surface area contributed by atoms with Crippen LogP contribution in [0.2, 0.25) is 0 Å². The molecule has 31 heavy (non-hydrogen) atoms. The van der Waals surface area contributed by atoms with Crippen LogP contribution in [0.4, 0.5) is 11.4 Å². The molecule has 0 saturated heterocycles. The maximum absolute atomic E-state index is 13.2. The van der Waals surface area contributed by atoms with E-state index in [1.807, 2.05) is 36.1 Å². The normalized spacial score (nSPS) is 15.5. The molecule has 4 rings (SSSR count). The van der Waals surface area contributed by atoms with Crippen molar-refractivity contribution in [3.05, 3.63) is 83.9 Å². The largest absolute Gasteiger partial charge is 0.497 e. The number of benzene rings is 3. The van der Waals surface area contributed by atoms with E-state index < -0.39 is 10.0 Å². The molecular weight excluding hydrogens is 412 g/mol. The first-order chi connectivity index (χ1) is 14.8. The zero-order chi connectivity index (χ0) is 22.2. The zero-order valence-electron chi connectivity index (χ0n) is 17.6. The molecule has 0 spiro atoms. The molecule has 1 atom stereocenters. The monoisotopic (exact) mass is 436 g/mol. The summed E-state index contributed by atoms with van der Waals surface area (Å²) in [5.41, 5.74) is 3.08. The number of carbonyl (C=O) groups is 1. The van der Waals surface area contributed by atoms with Crippen LogP contribution in [0, 0.1) is 0 Å². The van der Waals surface area contributed by atoms with Crippen molar-refractivity contribution in [3.8, 4) is 5.75 Å². The van der Waals surface area contributed by atoms with E-state index >= 15 is 0 Å². The Morgan fingerprint density at radius 2 is 1.65 bits per heavy atom. The van der Waals surface area contributed by atoms with E-state index in [2.05, 4.69) is 0 Å². The third-order valence-corrected chi connectivity index (χ3v) is 7.42. The van der Waals surface area contributed by atoms with Gasteiger partial charge in [-0.1, -0.05) is 18.2 Å². The van der Waals surface area contributed by atoms with Crippen molar-refractivity contribution in [2.45, 2.75) is 24.3 Å². The summed E-state index contributed by atoms with van der Waals surface area (Å²) in [4.78, 5) is 15.1. The molecule has 0 aromatic heterocycles. The minimum absolute atomic E-state index is 0.0719. The van der Waals surface area contributed by atoms with Crippen LogP contribution in [-0.4, -0.2) is 34.5 Å². The minimum atomic E-state index is -3.73. The highest BCUT2D eigenvalue weighted by molar-refractivity contribution is 7.92. The lowest BCUT2D eigenvalue weighted by atomic mass is 10.1. The van der Waals surface area contributed by atoms with E-state index in [1.165, 1.54) is 30.6 Å². The number of hydrogen-bond acceptors (Lipinski definition) is 4. The van der Waals surface area contributed by atoms with E-state index in [1.54, 1.807) is 36.4 Å². The Morgan fingerprint density at radius 3 is 2.29 bits per heavy atom. The number of fused-ring (bicyclic) bond motifs is 1. The van der Waals surface area contributed by atoms with Gasteiger partial charge < -0.3 is 9.64 Å². The molecule has 1 heterocycles. The van der Waals surface area contributed by atoms with Crippen LogP contribution in [0.5, 0.6) is 5.75 Å². The fourth-order valence-corrected chi connectivity index (χ4v) is 5.07. The number of methoxy groups -OCH3 is 1. The first kappa shape index (κ1) is 20.9. The molecule has 7 heteroatoms. The number of amides is 1. The van der Waals surface area contributed by atoms with E-state index in [0.717, 1.165) is 17.7 Å². The summed E-state index contributed by atoms with van der Waals surface area (Å²) in [6, 6.07) is 20.9. The Kier molecular flexibility index (Phi) is 5.45. The standard InChI is InChI=1S/C24H24N2O4S/c1-17-16-19-6-4-5-7-23(19)26(17)24(27)18-8-10-20(11-9-18)25(2)31(28,29)22-14-12-21(30-3)13-15-22/h4-15,17H,16H2,1-3H3/t17-/m1/s1. The molecule has 1 amide bonds. The lowest BCUT2D eigenvalue weighted by Crippen LogP contribution is -2.35. The molecule has 0 bridgehead atoms. The second-order valence-electron chi connectivity index (χ2n) is 7.55. The Morgan fingerprint density at radius 1 is 1.00 bits per heavy atom. The highest BCUT2D eigenvalue weighted by atomic mass is 32.2. The van der Waals surface area contributed by atoms with Gasteiger partial charge >= 0.3 is 0 Å². The van der Waals surface area contributed by atoms with Gasteiger partial charge in [0.05, 0.1) is 17.7 Å². The second kappa shape index (κ2) is 8.07. The molecule has 1 aliphatic rings. The summed E-state index contributed by atoms with van der Waals surface area (Å²) in [6.07, 6.45) is 0.822. The van der Waals surface area contributed by atoms with Crippen molar-refractivity contribution in [2.24, 2.45) is 0 Å². The number of nitrogens with zero attached hydrogens (tertiary/aromatic N) is 2. The number of rotatable bonds is 5. The molecule has 160 valence electrons. The molecular formula is C24H24N2O4S. The summed E-state index contributed by atoms with van der Waals surface area (Å²) in [7, 11) is -0.709. The van der Waals surface area contributed by atoms with Crippen molar-refractivity contribution in [3.63, 3.8) is 0 Å². The topological polar surface area (TPSA) is 66.9 Å². The van der Waals surface area contributed by atoms with E-state index in [-0.39, 0.29) is 16.8 Å². The maximum Gasteiger partial charge on any atom is 0.264 e. The maximum atomic E-state index is 13.2. The minimum Gasteiger partial charge on any atom is -0.497 e. The summed E-state index contributed by atoms with van der Waals surface area (Å²) in [5, 5.41) is 0. The Hall–Kier alpha value is -3.32. The number of carbonyl (C=O) groups excluding carboxylic acids is 1. The molecule has 0 aliphatic carbocycles. The zero-order valence-corrected chi connectivity index (χ0v) is 18.5. The van der Waals surface area contributed by atoms with Gasteiger partial charge in [-0.25, -0.2) is 8.42 Å². The first-order valence-corrected chi connectivity index (χ1v) is 11.4. The number of ether oxygens (including phenoxy) is 1. The third kappa shape index (κ3) is 3.77. The predicted molar refractivity (Wildman–Crippen MR) is 121 cm³/mol. The predicted octanol–water partition coefficient (Wildman–Crippen LogP) is 4.11. The van der Waals surface area contributed by atoms with Crippen LogP contribution >= 0.6 is 0 Å². The van der Waals surface area contributed by atoms with Crippen molar-refractivity contribution >= 4 is 27.3 Å². The van der Waals surface area contributed by atoms with E-state index in [9.17, 15) is 13.2 Å². The average Bonchev–Trinajstić information content (AvgIpc) is 3.13. The smallest absolute Gasteiger partial charge is 0.264 e. The van der Waals surface area contributed by atoms with Gasteiger partial charge in [0.15, 0.2) is 0 Å². The van der Waals surface area contributed by atoms with Crippen molar-refractivity contribution in [1.82, 2.24) is 0 Å². The van der Waals surface area contributed by atoms with Crippen LogP contribution in [0.25, 0.3) is 0 Å². The number of anilines is 2. The summed E-state index contributed by atoms with van der Waals surface area (Å²) in [6.45, 7) is 2.03. The van der Waals surface area contributed by atoms with E-state index in [0.29, 0.717) is 17.0 Å². The lowest BCUT2D eigenvalue weighted by Gasteiger charge is -2.23. The first-order valence-electron chi connectivity index (χ1n) is 9.97. The van der Waals surface area contributed by atoms with E-state index in [4.69, 9.17) is 4.74 Å². The van der Waals surface area contributed by atoms with Crippen molar-refractivity contribution < 1.29 is 17.9 Å². The molecule has 0 unspecified atom stereocenters. The fourth-order valence-electron chi connectivity index (χ4n) is 3.87. The van der Waals surface area contributed by atoms with Crippen LogP contribution in [0.3, 0.4) is 0 Å². The molecule has 3 aromatic rings. The Labute approximate surface area is 182 Å². The molecule has 0 fully saturated rings. The van der Waals surface area contributed by atoms with Crippen molar-refractivity contribution in [2.75, 3.05) is 23.4 Å². The van der Waals surface area contributed by atoms with Gasteiger partial charge in [0.1, 0.15) is 5.75 Å². The second-order valence-corrected chi connectivity index (χ2v) is 9.52. The highest BCUT2D eigenvalue weighted by Crippen LogP contribution is 2.33.